The number of hydrogen-bond donors (Lipinski definition) is 1. The van der Waals surface area contributed by atoms with Crippen molar-refractivity contribution in [1.82, 2.24) is 10.2 Å². The van der Waals surface area contributed by atoms with Crippen LogP contribution in [-0.4, -0.2) is 29.4 Å². The molecule has 2 unspecified atom stereocenters. The van der Waals surface area contributed by atoms with Gasteiger partial charge < -0.3 is 10.2 Å². The number of halogens is 1. The molecule has 21 heavy (non-hydrogen) atoms. The maximum absolute atomic E-state index is 12.6. The van der Waals surface area contributed by atoms with Crippen molar-refractivity contribution in [3.05, 3.63) is 20.8 Å². The minimum Gasteiger partial charge on any atom is -0.338 e. The van der Waals surface area contributed by atoms with Crippen molar-refractivity contribution in [3.8, 4) is 0 Å². The maximum Gasteiger partial charge on any atom is 0.223 e. The molecule has 2 aliphatic heterocycles. The van der Waals surface area contributed by atoms with E-state index in [1.807, 2.05) is 4.90 Å². The first-order valence-corrected chi connectivity index (χ1v) is 9.53. The van der Waals surface area contributed by atoms with E-state index in [0.717, 1.165) is 23.3 Å². The molecule has 1 amide bonds. The maximum atomic E-state index is 12.6. The molecule has 3 nitrogen and oxygen atoms in total. The largest absolute Gasteiger partial charge is 0.338 e. The molecular weight excluding hydrogens is 348 g/mol. The summed E-state index contributed by atoms with van der Waals surface area (Å²) < 4.78 is 1.14. The van der Waals surface area contributed by atoms with Crippen molar-refractivity contribution >= 4 is 33.2 Å². The average molecular weight is 371 g/mol. The lowest BCUT2D eigenvalue weighted by molar-refractivity contribution is -0.132. The Morgan fingerprint density at radius 3 is 2.67 bits per heavy atom. The fraction of sp³-hybridized carbons (Fsp3) is 0.688. The molecule has 1 aromatic rings. The first-order chi connectivity index (χ1) is 10.1. The molecule has 0 saturated carbocycles. The van der Waals surface area contributed by atoms with Crippen molar-refractivity contribution in [2.75, 3.05) is 6.54 Å². The Labute approximate surface area is 139 Å². The van der Waals surface area contributed by atoms with E-state index >= 15 is 0 Å². The van der Waals surface area contributed by atoms with E-state index in [1.165, 1.54) is 30.6 Å². The topological polar surface area (TPSA) is 32.3 Å². The molecule has 2 aliphatic rings. The molecule has 116 valence electrons. The van der Waals surface area contributed by atoms with Gasteiger partial charge in [0.2, 0.25) is 5.91 Å². The van der Waals surface area contributed by atoms with E-state index < -0.39 is 0 Å². The summed E-state index contributed by atoms with van der Waals surface area (Å²) in [6.07, 6.45) is 5.70. The lowest BCUT2D eigenvalue weighted by atomic mass is 9.89. The monoisotopic (exact) mass is 370 g/mol. The van der Waals surface area contributed by atoms with Crippen LogP contribution < -0.4 is 5.32 Å². The second-order valence-corrected chi connectivity index (χ2v) is 8.84. The van der Waals surface area contributed by atoms with Gasteiger partial charge in [-0.2, -0.15) is 0 Å². The minimum absolute atomic E-state index is 0.327. The molecule has 2 fully saturated rings. The fourth-order valence-electron chi connectivity index (χ4n) is 3.72. The van der Waals surface area contributed by atoms with E-state index in [0.29, 0.717) is 23.9 Å². The molecule has 1 N–H and O–H groups in total. The lowest BCUT2D eigenvalue weighted by Gasteiger charge is -2.30. The third kappa shape index (κ3) is 3.88. The number of nitrogens with zero attached hydrogens (tertiary/aromatic N) is 1. The average Bonchev–Trinajstić information content (AvgIpc) is 3.01. The number of piperidine rings is 1. The number of fused-ring (bicyclic) bond motifs is 2. The van der Waals surface area contributed by atoms with Gasteiger partial charge in [-0.05, 0) is 66.6 Å². The molecular formula is C16H23BrN2OS. The summed E-state index contributed by atoms with van der Waals surface area (Å²) in [6, 6.07) is 5.51. The molecule has 0 radical (unpaired) electrons. The molecule has 5 heteroatoms. The molecule has 2 bridgehead atoms. The van der Waals surface area contributed by atoms with Crippen LogP contribution in [0.4, 0.5) is 0 Å². The van der Waals surface area contributed by atoms with E-state index in [-0.39, 0.29) is 0 Å². The van der Waals surface area contributed by atoms with E-state index in [9.17, 15) is 4.79 Å². The van der Waals surface area contributed by atoms with Crippen molar-refractivity contribution in [2.24, 2.45) is 5.92 Å². The molecule has 3 rings (SSSR count). The molecule has 2 saturated heterocycles. The summed E-state index contributed by atoms with van der Waals surface area (Å²) in [5, 5.41) is 3.65. The predicted molar refractivity (Wildman–Crippen MR) is 90.4 cm³/mol. The molecule has 3 heterocycles. The predicted octanol–water partition coefficient (Wildman–Crippen LogP) is 3.78. The fourth-order valence-corrected chi connectivity index (χ4v) is 5.22. The van der Waals surface area contributed by atoms with Gasteiger partial charge in [-0.1, -0.05) is 0 Å². The summed E-state index contributed by atoms with van der Waals surface area (Å²) in [4.78, 5) is 15.8. The standard InChI is InChI=1S/C16H23BrN2OS/c1-2-19(10-14-5-6-15(17)21-14)16(20)9-11-7-12-3-4-13(8-11)18-12/h5-6,11-13,18H,2-4,7-10H2,1H3. The Kier molecular flexibility index (Phi) is 5.02. The van der Waals surface area contributed by atoms with Gasteiger partial charge in [-0.3, -0.25) is 4.79 Å². The number of carbonyl (C=O) groups excluding carboxylic acids is 1. The summed E-state index contributed by atoms with van der Waals surface area (Å²) in [7, 11) is 0. The van der Waals surface area contributed by atoms with Gasteiger partial charge in [-0.15, -0.1) is 11.3 Å². The first kappa shape index (κ1) is 15.5. The van der Waals surface area contributed by atoms with Gasteiger partial charge in [0.05, 0.1) is 10.3 Å². The van der Waals surface area contributed by atoms with Crippen molar-refractivity contribution in [1.29, 1.82) is 0 Å². The van der Waals surface area contributed by atoms with Crippen LogP contribution in [-0.2, 0) is 11.3 Å². The summed E-state index contributed by atoms with van der Waals surface area (Å²) in [5.41, 5.74) is 0. The Bertz CT molecular complexity index is 492. The van der Waals surface area contributed by atoms with Crippen LogP contribution in [0.1, 0.15) is 43.9 Å². The smallest absolute Gasteiger partial charge is 0.223 e. The number of carbonyl (C=O) groups is 1. The van der Waals surface area contributed by atoms with Gasteiger partial charge in [-0.25, -0.2) is 0 Å². The van der Waals surface area contributed by atoms with Gasteiger partial charge in [0.15, 0.2) is 0 Å². The van der Waals surface area contributed by atoms with Crippen molar-refractivity contribution in [2.45, 2.75) is 57.7 Å². The van der Waals surface area contributed by atoms with Crippen molar-refractivity contribution < 1.29 is 4.79 Å². The van der Waals surface area contributed by atoms with Gasteiger partial charge in [0.25, 0.3) is 0 Å². The van der Waals surface area contributed by atoms with Crippen LogP contribution in [0, 0.1) is 5.92 Å². The van der Waals surface area contributed by atoms with Crippen LogP contribution in [0.3, 0.4) is 0 Å². The molecule has 0 aromatic carbocycles. The molecule has 2 atom stereocenters. The van der Waals surface area contributed by atoms with Crippen LogP contribution in [0.15, 0.2) is 15.9 Å². The van der Waals surface area contributed by atoms with Gasteiger partial charge in [0, 0.05) is 29.9 Å². The Morgan fingerprint density at radius 1 is 1.38 bits per heavy atom. The SMILES string of the molecule is CCN(Cc1ccc(Br)s1)C(=O)CC1CC2CCC(C1)N2. The Hall–Kier alpha value is -0.390. The van der Waals surface area contributed by atoms with E-state index in [2.05, 4.69) is 40.3 Å². The number of thiophene rings is 1. The first-order valence-electron chi connectivity index (χ1n) is 7.92. The van der Waals surface area contributed by atoms with Crippen LogP contribution in [0.2, 0.25) is 0 Å². The zero-order chi connectivity index (χ0) is 14.8. The Balaban J connectivity index is 1.55. The third-order valence-corrected chi connectivity index (χ3v) is 6.35. The van der Waals surface area contributed by atoms with E-state index in [4.69, 9.17) is 0 Å². The number of amides is 1. The third-order valence-electron chi connectivity index (χ3n) is 4.74. The summed E-state index contributed by atoms with van der Waals surface area (Å²) in [5.74, 6) is 0.911. The highest BCUT2D eigenvalue weighted by atomic mass is 79.9. The highest BCUT2D eigenvalue weighted by Gasteiger charge is 2.34. The zero-order valence-electron chi connectivity index (χ0n) is 12.5. The summed E-state index contributed by atoms with van der Waals surface area (Å²) >= 11 is 5.21. The quantitative estimate of drug-likeness (QED) is 0.854. The van der Waals surface area contributed by atoms with E-state index in [1.54, 1.807) is 11.3 Å². The lowest BCUT2D eigenvalue weighted by Crippen LogP contribution is -2.40. The molecule has 0 spiro atoms. The second kappa shape index (κ2) is 6.80. The van der Waals surface area contributed by atoms with Gasteiger partial charge in [0.1, 0.15) is 0 Å². The van der Waals surface area contributed by atoms with Crippen LogP contribution in [0.25, 0.3) is 0 Å². The minimum atomic E-state index is 0.327. The number of hydrogen-bond acceptors (Lipinski definition) is 3. The normalized spacial score (nSPS) is 27.8. The van der Waals surface area contributed by atoms with Crippen LogP contribution in [0.5, 0.6) is 0 Å². The zero-order valence-corrected chi connectivity index (χ0v) is 14.9. The molecule has 1 aromatic heterocycles. The highest BCUT2D eigenvalue weighted by molar-refractivity contribution is 9.11. The number of rotatable bonds is 5. The van der Waals surface area contributed by atoms with Crippen molar-refractivity contribution in [3.63, 3.8) is 0 Å². The van der Waals surface area contributed by atoms with Gasteiger partial charge >= 0.3 is 0 Å². The highest BCUT2D eigenvalue weighted by Crippen LogP contribution is 2.33. The number of nitrogens with one attached hydrogen (secondary N) is 1. The molecule has 0 aliphatic carbocycles. The Morgan fingerprint density at radius 2 is 2.10 bits per heavy atom. The second-order valence-electron chi connectivity index (χ2n) is 6.29. The van der Waals surface area contributed by atoms with Crippen LogP contribution >= 0.6 is 27.3 Å². The summed E-state index contributed by atoms with van der Waals surface area (Å²) in [6.45, 7) is 3.63.